The summed E-state index contributed by atoms with van der Waals surface area (Å²) in [6.45, 7) is 0. The zero-order chi connectivity index (χ0) is 9.42. The van der Waals surface area contributed by atoms with Gasteiger partial charge in [-0.15, -0.1) is 0 Å². The predicted octanol–water partition coefficient (Wildman–Crippen LogP) is 1.51. The topological polar surface area (TPSA) is 34.1 Å². The Morgan fingerprint density at radius 1 is 1.46 bits per heavy atom. The third kappa shape index (κ3) is 1.26. The number of hydrogen-bond acceptors (Lipinski definition) is 3. The van der Waals surface area contributed by atoms with Crippen molar-refractivity contribution in [2.75, 3.05) is 6.26 Å². The Labute approximate surface area is 81.8 Å². The Hall–Kier alpha value is -0.570. The number of aldehydes is 1. The summed E-state index contributed by atoms with van der Waals surface area (Å²) in [5.41, 5.74) is 0. The Bertz CT molecular complexity index is 272. The average molecular weight is 196 g/mol. The molecule has 2 bridgehead atoms. The summed E-state index contributed by atoms with van der Waals surface area (Å²) in [6, 6.07) is 0. The maximum Gasteiger partial charge on any atom is 0.193 e. The first-order valence-electron chi connectivity index (χ1n) is 4.49. The maximum atomic E-state index is 11.5. The van der Waals surface area contributed by atoms with Crippen LogP contribution >= 0.6 is 11.8 Å². The van der Waals surface area contributed by atoms with Gasteiger partial charge in [-0.3, -0.25) is 4.79 Å². The lowest BCUT2D eigenvalue weighted by molar-refractivity contribution is -0.121. The van der Waals surface area contributed by atoms with Gasteiger partial charge in [-0.1, -0.05) is 23.9 Å². The molecule has 1 saturated carbocycles. The molecule has 1 fully saturated rings. The molecule has 0 N–H and O–H groups in total. The van der Waals surface area contributed by atoms with Crippen LogP contribution in [0.15, 0.2) is 12.2 Å². The second-order valence-electron chi connectivity index (χ2n) is 3.71. The van der Waals surface area contributed by atoms with Crippen LogP contribution in [-0.2, 0) is 9.59 Å². The Balaban J connectivity index is 2.23. The summed E-state index contributed by atoms with van der Waals surface area (Å²) in [5, 5.41) is 0.175. The molecule has 13 heavy (non-hydrogen) atoms. The number of carbonyl (C=O) groups excluding carboxylic acids is 2. The largest absolute Gasteiger partial charge is 0.303 e. The molecule has 3 heteroatoms. The summed E-state index contributed by atoms with van der Waals surface area (Å²) in [4.78, 5) is 22.4. The lowest BCUT2D eigenvalue weighted by Crippen LogP contribution is -2.26. The van der Waals surface area contributed by atoms with Crippen LogP contribution in [0.3, 0.4) is 0 Å². The molecule has 0 aliphatic heterocycles. The van der Waals surface area contributed by atoms with Crippen molar-refractivity contribution in [3.63, 3.8) is 0 Å². The van der Waals surface area contributed by atoms with E-state index in [1.807, 2.05) is 0 Å². The summed E-state index contributed by atoms with van der Waals surface area (Å²) >= 11 is 1.25. The summed E-state index contributed by atoms with van der Waals surface area (Å²) in [6.07, 6.45) is 7.95. The maximum absolute atomic E-state index is 11.5. The molecule has 0 spiro atoms. The number of thioether (sulfide) groups is 1. The van der Waals surface area contributed by atoms with E-state index >= 15 is 0 Å². The van der Waals surface area contributed by atoms with Crippen LogP contribution < -0.4 is 0 Å². The minimum atomic E-state index is -0.0463. The van der Waals surface area contributed by atoms with Gasteiger partial charge in [0.2, 0.25) is 0 Å². The van der Waals surface area contributed by atoms with Crippen LogP contribution in [0.1, 0.15) is 6.42 Å². The van der Waals surface area contributed by atoms with Gasteiger partial charge in [0.15, 0.2) is 5.12 Å². The molecule has 2 rings (SSSR count). The van der Waals surface area contributed by atoms with Crippen molar-refractivity contribution in [3.05, 3.63) is 12.2 Å². The minimum Gasteiger partial charge on any atom is -0.303 e. The normalized spacial score (nSPS) is 41.0. The molecule has 0 radical (unpaired) electrons. The number of allylic oxidation sites excluding steroid dienone is 2. The molecule has 0 heterocycles. The second kappa shape index (κ2) is 3.29. The molecule has 2 aliphatic rings. The van der Waals surface area contributed by atoms with E-state index in [1.54, 1.807) is 6.26 Å². The van der Waals surface area contributed by atoms with Gasteiger partial charge in [0.1, 0.15) is 6.29 Å². The van der Waals surface area contributed by atoms with Crippen molar-refractivity contribution in [2.24, 2.45) is 23.7 Å². The highest BCUT2D eigenvalue weighted by Crippen LogP contribution is 2.48. The number of hydrogen-bond donors (Lipinski definition) is 0. The van der Waals surface area contributed by atoms with E-state index in [9.17, 15) is 9.59 Å². The van der Waals surface area contributed by atoms with Gasteiger partial charge < -0.3 is 4.79 Å². The van der Waals surface area contributed by atoms with Crippen LogP contribution in [0, 0.1) is 23.7 Å². The SMILES string of the molecule is CSC(=O)[C@@H]1[C@H](C=O)[C@@H]2C=C[C@H]1C2. The highest BCUT2D eigenvalue weighted by atomic mass is 32.2. The molecule has 0 saturated heterocycles. The summed E-state index contributed by atoms with van der Waals surface area (Å²) in [5.74, 6) is 0.584. The Kier molecular flexibility index (Phi) is 2.28. The van der Waals surface area contributed by atoms with Crippen LogP contribution in [0.2, 0.25) is 0 Å². The van der Waals surface area contributed by atoms with E-state index in [0.29, 0.717) is 11.8 Å². The zero-order valence-corrected chi connectivity index (χ0v) is 8.29. The van der Waals surface area contributed by atoms with Crippen molar-refractivity contribution in [2.45, 2.75) is 6.42 Å². The van der Waals surface area contributed by atoms with Gasteiger partial charge in [0.25, 0.3) is 0 Å². The molecular weight excluding hydrogens is 184 g/mol. The Morgan fingerprint density at radius 2 is 2.15 bits per heavy atom. The number of rotatable bonds is 2. The van der Waals surface area contributed by atoms with Crippen LogP contribution in [0.4, 0.5) is 0 Å². The molecule has 0 aromatic rings. The lowest BCUT2D eigenvalue weighted by Gasteiger charge is -2.20. The number of fused-ring (bicyclic) bond motifs is 2. The molecule has 4 atom stereocenters. The molecule has 0 amide bonds. The first-order valence-corrected chi connectivity index (χ1v) is 5.72. The molecule has 0 aromatic carbocycles. The molecule has 70 valence electrons. The highest BCUT2D eigenvalue weighted by molar-refractivity contribution is 8.13. The third-order valence-electron chi connectivity index (χ3n) is 3.15. The van der Waals surface area contributed by atoms with E-state index in [1.165, 1.54) is 11.8 Å². The van der Waals surface area contributed by atoms with Gasteiger partial charge >= 0.3 is 0 Å². The first-order chi connectivity index (χ1) is 6.27. The molecule has 0 unspecified atom stereocenters. The summed E-state index contributed by atoms with van der Waals surface area (Å²) in [7, 11) is 0. The standard InChI is InChI=1S/C10H12O2S/c1-13-10(12)9-7-3-2-6(4-7)8(9)5-11/h2-3,5-9H,4H2,1H3/t6-,7+,8-,9+/m1/s1. The van der Waals surface area contributed by atoms with Gasteiger partial charge in [-0.2, -0.15) is 0 Å². The van der Waals surface area contributed by atoms with E-state index in [4.69, 9.17) is 0 Å². The smallest absolute Gasteiger partial charge is 0.193 e. The molecule has 2 nitrogen and oxygen atoms in total. The van der Waals surface area contributed by atoms with Crippen molar-refractivity contribution in [1.29, 1.82) is 0 Å². The van der Waals surface area contributed by atoms with Gasteiger partial charge in [-0.25, -0.2) is 0 Å². The van der Waals surface area contributed by atoms with Crippen LogP contribution in [-0.4, -0.2) is 17.7 Å². The van der Waals surface area contributed by atoms with Gasteiger partial charge in [0, 0.05) is 11.8 Å². The third-order valence-corrected chi connectivity index (χ3v) is 3.83. The molecular formula is C10H12O2S. The fourth-order valence-corrected chi connectivity index (χ4v) is 3.12. The van der Waals surface area contributed by atoms with Crippen molar-refractivity contribution in [1.82, 2.24) is 0 Å². The lowest BCUT2D eigenvalue weighted by atomic mass is 9.85. The minimum absolute atomic E-state index is 0.0394. The molecule has 2 aliphatic carbocycles. The van der Waals surface area contributed by atoms with E-state index in [2.05, 4.69) is 12.2 Å². The first kappa shape index (κ1) is 9.00. The summed E-state index contributed by atoms with van der Waals surface area (Å²) < 4.78 is 0. The van der Waals surface area contributed by atoms with E-state index < -0.39 is 0 Å². The Morgan fingerprint density at radius 3 is 2.77 bits per heavy atom. The zero-order valence-electron chi connectivity index (χ0n) is 7.47. The van der Waals surface area contributed by atoms with Gasteiger partial charge in [0.05, 0.1) is 0 Å². The van der Waals surface area contributed by atoms with E-state index in [0.717, 1.165) is 12.7 Å². The fourth-order valence-electron chi connectivity index (χ4n) is 2.51. The van der Waals surface area contributed by atoms with Crippen LogP contribution in [0.25, 0.3) is 0 Å². The highest BCUT2D eigenvalue weighted by Gasteiger charge is 2.47. The average Bonchev–Trinajstić information content (AvgIpc) is 2.74. The van der Waals surface area contributed by atoms with E-state index in [-0.39, 0.29) is 17.0 Å². The number of carbonyl (C=O) groups is 2. The van der Waals surface area contributed by atoms with Crippen LogP contribution in [0.5, 0.6) is 0 Å². The van der Waals surface area contributed by atoms with Crippen molar-refractivity contribution < 1.29 is 9.59 Å². The second-order valence-corrected chi connectivity index (χ2v) is 4.52. The van der Waals surface area contributed by atoms with Crippen molar-refractivity contribution >= 4 is 23.2 Å². The van der Waals surface area contributed by atoms with Crippen molar-refractivity contribution in [3.8, 4) is 0 Å². The quantitative estimate of drug-likeness (QED) is 0.496. The predicted molar refractivity (Wildman–Crippen MR) is 52.3 cm³/mol. The van der Waals surface area contributed by atoms with Gasteiger partial charge in [-0.05, 0) is 24.5 Å². The monoisotopic (exact) mass is 196 g/mol. The molecule has 0 aromatic heterocycles. The fraction of sp³-hybridized carbons (Fsp3) is 0.600.